The summed E-state index contributed by atoms with van der Waals surface area (Å²) < 4.78 is 70.1. The van der Waals surface area contributed by atoms with Gasteiger partial charge in [-0.05, 0) is 74.7 Å². The lowest BCUT2D eigenvalue weighted by Crippen LogP contribution is -2.51. The van der Waals surface area contributed by atoms with Gasteiger partial charge in [0.2, 0.25) is 11.5 Å². The lowest BCUT2D eigenvalue weighted by Gasteiger charge is -2.31. The third-order valence-corrected chi connectivity index (χ3v) is 8.97. The first-order valence-electron chi connectivity index (χ1n) is 14.3. The Morgan fingerprint density at radius 2 is 1.87 bits per heavy atom. The highest BCUT2D eigenvalue weighted by Crippen LogP contribution is 2.48. The number of benzene rings is 2. The number of primary amides is 1. The molecule has 4 aromatic rings. The number of nitrogens with two attached hydrogens (primary N) is 1. The van der Waals surface area contributed by atoms with Crippen molar-refractivity contribution in [3.8, 4) is 22.8 Å². The molecule has 47 heavy (non-hydrogen) atoms. The molecule has 0 bridgehead atoms. The number of pyridine rings is 2. The van der Waals surface area contributed by atoms with E-state index in [0.717, 1.165) is 31.0 Å². The van der Waals surface area contributed by atoms with Crippen LogP contribution in [0.25, 0.3) is 22.2 Å². The molecule has 2 aromatic heterocycles. The van der Waals surface area contributed by atoms with Crippen molar-refractivity contribution >= 4 is 45.9 Å². The van der Waals surface area contributed by atoms with Crippen molar-refractivity contribution in [1.82, 2.24) is 15.3 Å². The smallest absolute Gasteiger partial charge is 0.424 e. The van der Waals surface area contributed by atoms with Gasteiger partial charge in [0.25, 0.3) is 5.91 Å². The summed E-state index contributed by atoms with van der Waals surface area (Å²) in [5.41, 5.74) is -0.116. The molecule has 2 aliphatic rings. The molecule has 0 spiro atoms. The van der Waals surface area contributed by atoms with Gasteiger partial charge in [-0.3, -0.25) is 9.59 Å². The van der Waals surface area contributed by atoms with Crippen molar-refractivity contribution in [2.45, 2.75) is 50.0 Å². The van der Waals surface area contributed by atoms with Gasteiger partial charge in [-0.1, -0.05) is 23.2 Å². The zero-order valence-corrected chi connectivity index (χ0v) is 26.3. The Hall–Kier alpha value is -4.20. The Labute approximate surface area is 275 Å². The van der Waals surface area contributed by atoms with Gasteiger partial charge in [-0.25, -0.2) is 14.4 Å². The van der Waals surface area contributed by atoms with Crippen molar-refractivity contribution in [3.63, 3.8) is 0 Å². The molecule has 9 nitrogen and oxygen atoms in total. The minimum atomic E-state index is -5.40. The van der Waals surface area contributed by atoms with Crippen LogP contribution in [0.1, 0.15) is 46.9 Å². The number of hydrogen-bond acceptors (Lipinski definition) is 7. The van der Waals surface area contributed by atoms with E-state index in [4.69, 9.17) is 38.4 Å². The molecule has 246 valence electrons. The molecule has 15 heteroatoms. The van der Waals surface area contributed by atoms with Gasteiger partial charge in [0, 0.05) is 22.1 Å². The maximum absolute atomic E-state index is 14.8. The fraction of sp³-hybridized carbons (Fsp3) is 0.312. The quantitative estimate of drug-likeness (QED) is 0.154. The first kappa shape index (κ1) is 32.7. The summed E-state index contributed by atoms with van der Waals surface area (Å²) in [5, 5.41) is 13.9. The van der Waals surface area contributed by atoms with Crippen LogP contribution in [0, 0.1) is 12.7 Å². The van der Waals surface area contributed by atoms with Gasteiger partial charge in [-0.2, -0.15) is 13.2 Å². The second-order valence-corrected chi connectivity index (χ2v) is 12.6. The van der Waals surface area contributed by atoms with Crippen LogP contribution in [-0.2, 0) is 15.8 Å². The first-order chi connectivity index (χ1) is 22.0. The Morgan fingerprint density at radius 1 is 1.15 bits per heavy atom. The number of carbonyl (C=O) groups excluding carboxylic acids is 2. The zero-order valence-electron chi connectivity index (χ0n) is 24.8. The number of nitrogens with one attached hydrogen (secondary N) is 1. The molecular formula is C32H26Cl2F4N4O5. The maximum atomic E-state index is 14.8. The molecule has 1 saturated carbocycles. The molecule has 2 amide bonds. The Kier molecular flexibility index (Phi) is 8.01. The number of hydrogen-bond donors (Lipinski definition) is 3. The summed E-state index contributed by atoms with van der Waals surface area (Å²) in [6, 6.07) is 8.61. The zero-order chi connectivity index (χ0) is 34.1. The standard InChI is InChI=1S/C32H26Cl2F4N4O5/c1-14-7-16-8-17(10-22(47-18-4-5-18)24(16)42-27(14)34)28(43)40-12-31(45,32(36,37)38)23-11-19-26(46-13-30(19,2)29(39)44)25(41-23)15-3-6-21(35)20(33)9-15/h3,6-11,18,45H,4-5,12-13H2,1-2H3,(H2,39,44)(H,40,43)/t30-,31?/m0/s1. The van der Waals surface area contributed by atoms with Crippen molar-refractivity contribution < 1.29 is 41.7 Å². The van der Waals surface area contributed by atoms with E-state index in [-0.39, 0.29) is 56.8 Å². The third kappa shape index (κ3) is 5.80. The largest absolute Gasteiger partial charge is 0.489 e. The second-order valence-electron chi connectivity index (χ2n) is 11.8. The summed E-state index contributed by atoms with van der Waals surface area (Å²) in [5.74, 6) is -2.52. The lowest BCUT2D eigenvalue weighted by atomic mass is 9.81. The Morgan fingerprint density at radius 3 is 2.51 bits per heavy atom. The lowest BCUT2D eigenvalue weighted by molar-refractivity contribution is -0.265. The van der Waals surface area contributed by atoms with Crippen LogP contribution in [0.3, 0.4) is 0 Å². The molecule has 1 unspecified atom stereocenters. The van der Waals surface area contributed by atoms with Crippen LogP contribution in [0.15, 0.2) is 42.5 Å². The number of aliphatic hydroxyl groups is 1. The monoisotopic (exact) mass is 692 g/mol. The van der Waals surface area contributed by atoms with E-state index in [0.29, 0.717) is 16.5 Å². The van der Waals surface area contributed by atoms with E-state index in [1.54, 1.807) is 13.0 Å². The molecule has 0 saturated heterocycles. The number of rotatable bonds is 8. The predicted octanol–water partition coefficient (Wildman–Crippen LogP) is 5.91. The Balaban J connectivity index is 1.42. The highest BCUT2D eigenvalue weighted by molar-refractivity contribution is 6.31. The molecule has 1 fully saturated rings. The normalized spacial score (nSPS) is 18.7. The summed E-state index contributed by atoms with van der Waals surface area (Å²) in [6.07, 6.45) is -3.92. The van der Waals surface area contributed by atoms with E-state index in [9.17, 15) is 32.3 Å². The number of nitrogens with zero attached hydrogens (tertiary/aromatic N) is 2. The van der Waals surface area contributed by atoms with Crippen LogP contribution < -0.4 is 20.5 Å². The van der Waals surface area contributed by atoms with E-state index >= 15 is 0 Å². The van der Waals surface area contributed by atoms with Gasteiger partial charge < -0.3 is 25.6 Å². The number of alkyl halides is 3. The van der Waals surface area contributed by atoms with Gasteiger partial charge >= 0.3 is 6.18 Å². The molecule has 0 radical (unpaired) electrons. The van der Waals surface area contributed by atoms with Crippen molar-refractivity contribution in [2.75, 3.05) is 13.2 Å². The number of carbonyl (C=O) groups is 2. The maximum Gasteiger partial charge on any atom is 0.424 e. The SMILES string of the molecule is Cc1cc2cc(C(=O)NCC(O)(c3cc4c(c(-c5ccc(F)c(Cl)c5)n3)OC[C@]4(C)C(N)=O)C(F)(F)F)cc(OC3CC3)c2nc1Cl. The van der Waals surface area contributed by atoms with E-state index in [1.807, 2.05) is 0 Å². The predicted molar refractivity (Wildman–Crippen MR) is 164 cm³/mol. The fourth-order valence-corrected chi connectivity index (χ4v) is 5.53. The van der Waals surface area contributed by atoms with Crippen LogP contribution >= 0.6 is 23.2 Å². The highest BCUT2D eigenvalue weighted by atomic mass is 35.5. The van der Waals surface area contributed by atoms with Crippen molar-refractivity contribution in [2.24, 2.45) is 5.73 Å². The minimum absolute atomic E-state index is 0.0418. The molecule has 6 rings (SSSR count). The number of aryl methyl sites for hydroxylation is 1. The van der Waals surface area contributed by atoms with E-state index < -0.39 is 47.1 Å². The highest BCUT2D eigenvalue weighted by Gasteiger charge is 2.57. The molecule has 2 aromatic carbocycles. The number of amides is 2. The average Bonchev–Trinajstić information content (AvgIpc) is 3.76. The van der Waals surface area contributed by atoms with Crippen LogP contribution in [0.4, 0.5) is 17.6 Å². The third-order valence-electron chi connectivity index (χ3n) is 8.30. The second kappa shape index (κ2) is 11.5. The van der Waals surface area contributed by atoms with Crippen molar-refractivity contribution in [3.05, 3.63) is 80.8 Å². The van der Waals surface area contributed by atoms with Gasteiger partial charge in [0.05, 0.1) is 23.4 Å². The molecule has 3 heterocycles. The van der Waals surface area contributed by atoms with Crippen LogP contribution in [-0.4, -0.2) is 52.3 Å². The summed E-state index contributed by atoms with van der Waals surface area (Å²) >= 11 is 12.2. The van der Waals surface area contributed by atoms with Crippen LogP contribution in [0.5, 0.6) is 11.5 Å². The number of aromatic nitrogens is 2. The van der Waals surface area contributed by atoms with Crippen LogP contribution in [0.2, 0.25) is 10.2 Å². The van der Waals surface area contributed by atoms with Crippen molar-refractivity contribution in [1.29, 1.82) is 0 Å². The van der Waals surface area contributed by atoms with E-state index in [1.165, 1.54) is 25.1 Å². The molecule has 1 aliphatic carbocycles. The van der Waals surface area contributed by atoms with Gasteiger partial charge in [0.15, 0.2) is 0 Å². The van der Waals surface area contributed by atoms with Gasteiger partial charge in [-0.15, -0.1) is 0 Å². The minimum Gasteiger partial charge on any atom is -0.489 e. The topological polar surface area (TPSA) is 137 Å². The van der Waals surface area contributed by atoms with E-state index in [2.05, 4.69) is 15.3 Å². The average molecular weight is 693 g/mol. The first-order valence-corrected chi connectivity index (χ1v) is 15.1. The molecule has 4 N–H and O–H groups in total. The number of ether oxygens (including phenoxy) is 2. The number of halogens is 6. The summed E-state index contributed by atoms with van der Waals surface area (Å²) in [7, 11) is 0. The summed E-state index contributed by atoms with van der Waals surface area (Å²) in [6.45, 7) is 1.36. The number of fused-ring (bicyclic) bond motifs is 2. The molecular weight excluding hydrogens is 667 g/mol. The van der Waals surface area contributed by atoms with Gasteiger partial charge in [0.1, 0.15) is 45.7 Å². The Bertz CT molecular complexity index is 1970. The molecule has 2 atom stereocenters. The fourth-order valence-electron chi connectivity index (χ4n) is 5.21. The summed E-state index contributed by atoms with van der Waals surface area (Å²) in [4.78, 5) is 34.3. The molecule has 1 aliphatic heterocycles.